The molecule has 114 valence electrons. The van der Waals surface area contributed by atoms with Crippen LogP contribution in [0.3, 0.4) is 0 Å². The molecule has 0 saturated heterocycles. The Morgan fingerprint density at radius 1 is 1.29 bits per heavy atom. The minimum absolute atomic E-state index is 0.599. The topological polar surface area (TPSA) is 43.8 Å². The van der Waals surface area contributed by atoms with Gasteiger partial charge in [0.25, 0.3) is 0 Å². The molecule has 3 rings (SSSR count). The molecule has 2 unspecified atom stereocenters. The van der Waals surface area contributed by atoms with Crippen molar-refractivity contribution >= 4 is 16.7 Å². The van der Waals surface area contributed by atoms with E-state index in [2.05, 4.69) is 31.4 Å². The fourth-order valence-corrected chi connectivity index (χ4v) is 4.02. The van der Waals surface area contributed by atoms with E-state index in [-0.39, 0.29) is 0 Å². The van der Waals surface area contributed by atoms with Gasteiger partial charge in [0.05, 0.1) is 11.0 Å². The Morgan fingerprint density at radius 3 is 2.76 bits per heavy atom. The van der Waals surface area contributed by atoms with Gasteiger partial charge in [-0.3, -0.25) is 0 Å². The number of nitrogens with two attached hydrogens (primary N) is 1. The number of fused-ring (bicyclic) bond motifs is 1. The van der Waals surface area contributed by atoms with Crippen LogP contribution in [0.5, 0.6) is 0 Å². The van der Waals surface area contributed by atoms with Crippen LogP contribution in [0.1, 0.15) is 58.3 Å². The van der Waals surface area contributed by atoms with E-state index in [1.165, 1.54) is 37.0 Å². The highest BCUT2D eigenvalue weighted by molar-refractivity contribution is 5.79. The van der Waals surface area contributed by atoms with Crippen molar-refractivity contribution in [3.05, 3.63) is 24.0 Å². The molecule has 2 atom stereocenters. The third-order valence-electron chi connectivity index (χ3n) is 5.07. The van der Waals surface area contributed by atoms with Crippen molar-refractivity contribution in [1.29, 1.82) is 0 Å². The third kappa shape index (κ3) is 2.54. The maximum atomic E-state index is 5.93. The third-order valence-corrected chi connectivity index (χ3v) is 5.07. The second-order valence-electron chi connectivity index (χ2n) is 6.76. The standard InChI is InChI=1S/C18H27N3/c1-4-18-20-15-11-13(19)9-10-17(15)21(18)16-8-6-5-7-14(16)12(2)3/h9-12,14,16H,4-8,19H2,1-3H3. The van der Waals surface area contributed by atoms with E-state index >= 15 is 0 Å². The van der Waals surface area contributed by atoms with Crippen LogP contribution in [0.25, 0.3) is 11.0 Å². The Kier molecular flexibility index (Phi) is 3.92. The van der Waals surface area contributed by atoms with Crippen LogP contribution >= 0.6 is 0 Å². The lowest BCUT2D eigenvalue weighted by Gasteiger charge is -2.36. The second kappa shape index (κ2) is 5.70. The molecule has 0 spiro atoms. The molecule has 1 aromatic carbocycles. The van der Waals surface area contributed by atoms with E-state index in [1.807, 2.05) is 12.1 Å². The summed E-state index contributed by atoms with van der Waals surface area (Å²) in [4.78, 5) is 4.84. The molecule has 0 aliphatic heterocycles. The van der Waals surface area contributed by atoms with Crippen molar-refractivity contribution in [3.8, 4) is 0 Å². The van der Waals surface area contributed by atoms with Crippen molar-refractivity contribution in [2.45, 2.75) is 58.9 Å². The summed E-state index contributed by atoms with van der Waals surface area (Å²) in [6.45, 7) is 6.94. The number of anilines is 1. The van der Waals surface area contributed by atoms with Crippen LogP contribution in [-0.4, -0.2) is 9.55 Å². The van der Waals surface area contributed by atoms with Gasteiger partial charge in [-0.15, -0.1) is 0 Å². The number of benzene rings is 1. The summed E-state index contributed by atoms with van der Waals surface area (Å²) < 4.78 is 2.53. The van der Waals surface area contributed by atoms with Crippen molar-refractivity contribution in [2.24, 2.45) is 11.8 Å². The van der Waals surface area contributed by atoms with Gasteiger partial charge in [0.15, 0.2) is 0 Å². The van der Waals surface area contributed by atoms with Crippen LogP contribution in [0.4, 0.5) is 5.69 Å². The molecule has 0 amide bonds. The van der Waals surface area contributed by atoms with Gasteiger partial charge in [0, 0.05) is 18.2 Å². The molecule has 1 aliphatic carbocycles. The molecule has 1 heterocycles. The van der Waals surface area contributed by atoms with Gasteiger partial charge in [-0.05, 0) is 42.9 Å². The maximum absolute atomic E-state index is 5.93. The lowest BCUT2D eigenvalue weighted by atomic mass is 9.77. The highest BCUT2D eigenvalue weighted by Gasteiger charge is 2.31. The highest BCUT2D eigenvalue weighted by atomic mass is 15.1. The minimum atomic E-state index is 0.599. The van der Waals surface area contributed by atoms with Gasteiger partial charge in [-0.2, -0.15) is 0 Å². The zero-order chi connectivity index (χ0) is 15.0. The average molecular weight is 285 g/mol. The maximum Gasteiger partial charge on any atom is 0.109 e. The summed E-state index contributed by atoms with van der Waals surface area (Å²) in [6.07, 6.45) is 6.33. The second-order valence-corrected chi connectivity index (χ2v) is 6.76. The fourth-order valence-electron chi connectivity index (χ4n) is 4.02. The van der Waals surface area contributed by atoms with Gasteiger partial charge in [-0.1, -0.05) is 33.6 Å². The van der Waals surface area contributed by atoms with E-state index in [0.29, 0.717) is 6.04 Å². The first-order chi connectivity index (χ1) is 10.1. The predicted octanol–water partition coefficient (Wildman–Crippen LogP) is 4.57. The van der Waals surface area contributed by atoms with Crippen molar-refractivity contribution in [1.82, 2.24) is 9.55 Å². The molecule has 1 aliphatic rings. The Bertz CT molecular complexity index is 627. The molecule has 1 aromatic heterocycles. The van der Waals surface area contributed by atoms with Crippen LogP contribution < -0.4 is 5.73 Å². The summed E-state index contributed by atoms with van der Waals surface area (Å²) in [7, 11) is 0. The van der Waals surface area contributed by atoms with Crippen LogP contribution in [-0.2, 0) is 6.42 Å². The van der Waals surface area contributed by atoms with Gasteiger partial charge in [-0.25, -0.2) is 4.98 Å². The molecule has 0 bridgehead atoms. The van der Waals surface area contributed by atoms with E-state index in [0.717, 1.165) is 29.5 Å². The molecule has 0 radical (unpaired) electrons. The number of hydrogen-bond acceptors (Lipinski definition) is 2. The number of hydrogen-bond donors (Lipinski definition) is 1. The Labute approximate surface area is 127 Å². The normalized spacial score (nSPS) is 23.0. The Morgan fingerprint density at radius 2 is 2.05 bits per heavy atom. The van der Waals surface area contributed by atoms with Gasteiger partial charge < -0.3 is 10.3 Å². The number of nitrogens with zero attached hydrogens (tertiary/aromatic N) is 2. The van der Waals surface area contributed by atoms with Crippen molar-refractivity contribution in [3.63, 3.8) is 0 Å². The van der Waals surface area contributed by atoms with Crippen molar-refractivity contribution < 1.29 is 0 Å². The smallest absolute Gasteiger partial charge is 0.109 e. The van der Waals surface area contributed by atoms with Crippen molar-refractivity contribution in [2.75, 3.05) is 5.73 Å². The lowest BCUT2D eigenvalue weighted by molar-refractivity contribution is 0.185. The SMILES string of the molecule is CCc1nc2cc(N)ccc2n1C1CCCCC1C(C)C. The monoisotopic (exact) mass is 285 g/mol. The van der Waals surface area contributed by atoms with E-state index in [1.54, 1.807) is 0 Å². The molecule has 1 fully saturated rings. The first-order valence-electron chi connectivity index (χ1n) is 8.38. The van der Waals surface area contributed by atoms with Crippen LogP contribution in [0.15, 0.2) is 18.2 Å². The summed E-state index contributed by atoms with van der Waals surface area (Å²) in [5, 5.41) is 0. The number of imidazole rings is 1. The molecule has 2 aromatic rings. The van der Waals surface area contributed by atoms with Gasteiger partial charge in [0.1, 0.15) is 5.82 Å². The largest absolute Gasteiger partial charge is 0.399 e. The summed E-state index contributed by atoms with van der Waals surface area (Å²) in [6, 6.07) is 6.77. The van der Waals surface area contributed by atoms with Crippen LogP contribution in [0.2, 0.25) is 0 Å². The minimum Gasteiger partial charge on any atom is -0.399 e. The predicted molar refractivity (Wildman–Crippen MR) is 89.4 cm³/mol. The van der Waals surface area contributed by atoms with E-state index < -0.39 is 0 Å². The summed E-state index contributed by atoms with van der Waals surface area (Å²) in [5.41, 5.74) is 9.05. The number of rotatable bonds is 3. The van der Waals surface area contributed by atoms with Crippen LogP contribution in [0, 0.1) is 11.8 Å². The number of aryl methyl sites for hydroxylation is 1. The molecule has 21 heavy (non-hydrogen) atoms. The summed E-state index contributed by atoms with van der Waals surface area (Å²) in [5.74, 6) is 2.71. The zero-order valence-electron chi connectivity index (χ0n) is 13.5. The average Bonchev–Trinajstić information content (AvgIpc) is 2.84. The van der Waals surface area contributed by atoms with Gasteiger partial charge >= 0.3 is 0 Å². The van der Waals surface area contributed by atoms with E-state index in [9.17, 15) is 0 Å². The molecule has 1 saturated carbocycles. The molecule has 3 nitrogen and oxygen atoms in total. The fraction of sp³-hybridized carbons (Fsp3) is 0.611. The summed E-state index contributed by atoms with van der Waals surface area (Å²) >= 11 is 0. The molecule has 3 heteroatoms. The lowest BCUT2D eigenvalue weighted by Crippen LogP contribution is -2.28. The molecular formula is C18H27N3. The number of nitrogen functional groups attached to an aromatic ring is 1. The first-order valence-corrected chi connectivity index (χ1v) is 8.38. The molecule has 2 N–H and O–H groups in total. The first kappa shape index (κ1) is 14.4. The quantitative estimate of drug-likeness (QED) is 0.840. The van der Waals surface area contributed by atoms with E-state index in [4.69, 9.17) is 10.7 Å². The molecular weight excluding hydrogens is 258 g/mol. The number of aromatic nitrogens is 2. The zero-order valence-corrected chi connectivity index (χ0v) is 13.5. The Hall–Kier alpha value is -1.51. The Balaban J connectivity index is 2.13. The van der Waals surface area contributed by atoms with Gasteiger partial charge in [0.2, 0.25) is 0 Å². The highest BCUT2D eigenvalue weighted by Crippen LogP contribution is 2.40.